The molecule has 0 spiro atoms. The van der Waals surface area contributed by atoms with E-state index in [0.29, 0.717) is 10.5 Å². The van der Waals surface area contributed by atoms with Gasteiger partial charge in [0.15, 0.2) is 0 Å². The molecule has 0 aromatic heterocycles. The summed E-state index contributed by atoms with van der Waals surface area (Å²) >= 11 is 4.00. The maximum atomic E-state index is 8.64. The molecule has 5 heteroatoms. The largest absolute Gasteiger partial charge is 0.192 e. The van der Waals surface area contributed by atoms with Gasteiger partial charge >= 0.3 is 0 Å². The molecular formula is C9H3N3SZn. The molecule has 0 atom stereocenters. The van der Waals surface area contributed by atoms with E-state index in [4.69, 9.17) is 15.8 Å². The molecule has 0 saturated carbocycles. The summed E-state index contributed by atoms with van der Waals surface area (Å²) in [5, 5.41) is 25.9. The first-order chi connectivity index (χ1) is 6.22. The van der Waals surface area contributed by atoms with Crippen molar-refractivity contribution >= 4 is 12.6 Å². The van der Waals surface area contributed by atoms with Gasteiger partial charge in [0.1, 0.15) is 12.1 Å². The summed E-state index contributed by atoms with van der Waals surface area (Å²) in [6, 6.07) is 8.41. The van der Waals surface area contributed by atoms with Crippen molar-refractivity contribution in [3.8, 4) is 18.2 Å². The van der Waals surface area contributed by atoms with E-state index in [1.807, 2.05) is 18.2 Å². The Morgan fingerprint density at radius 3 is 1.64 bits per heavy atom. The van der Waals surface area contributed by atoms with Crippen molar-refractivity contribution in [2.75, 3.05) is 0 Å². The molecule has 1 rings (SSSR count). The Hall–Kier alpha value is -1.34. The van der Waals surface area contributed by atoms with Crippen LogP contribution in [-0.2, 0) is 19.5 Å². The number of rotatable bonds is 0. The first-order valence-corrected chi connectivity index (χ1v) is 3.75. The molecule has 0 N–H and O–H groups in total. The van der Waals surface area contributed by atoms with Gasteiger partial charge in [-0.1, -0.05) is 0 Å². The van der Waals surface area contributed by atoms with E-state index in [9.17, 15) is 0 Å². The minimum absolute atomic E-state index is 0. The van der Waals surface area contributed by atoms with Gasteiger partial charge in [-0.2, -0.15) is 15.8 Å². The number of nitriles is 3. The third-order valence-electron chi connectivity index (χ3n) is 1.48. The van der Waals surface area contributed by atoms with Gasteiger partial charge in [0, 0.05) is 24.4 Å². The molecule has 0 unspecified atom stereocenters. The van der Waals surface area contributed by atoms with Crippen LogP contribution < -0.4 is 0 Å². The number of hydrogen-bond donors (Lipinski definition) is 1. The van der Waals surface area contributed by atoms with Crippen LogP contribution >= 0.6 is 12.6 Å². The number of nitrogens with zero attached hydrogens (tertiary/aromatic N) is 3. The SMILES string of the molecule is N#Cc1cc(C#N)c(S)c(C#N)c1.[Zn]. The summed E-state index contributed by atoms with van der Waals surface area (Å²) in [6.45, 7) is 0. The zero-order valence-electron chi connectivity index (χ0n) is 7.15. The molecule has 3 nitrogen and oxygen atoms in total. The quantitative estimate of drug-likeness (QED) is 0.561. The summed E-state index contributed by atoms with van der Waals surface area (Å²) < 4.78 is 0. The molecule has 1 aromatic carbocycles. The Bertz CT molecular complexity index is 441. The van der Waals surface area contributed by atoms with E-state index < -0.39 is 0 Å². The van der Waals surface area contributed by atoms with Gasteiger partial charge < -0.3 is 0 Å². The Labute approximate surface area is 99.7 Å². The van der Waals surface area contributed by atoms with Crippen LogP contribution in [0, 0.1) is 34.0 Å². The fraction of sp³-hybridized carbons (Fsp3) is 0. The van der Waals surface area contributed by atoms with Crippen molar-refractivity contribution in [1.82, 2.24) is 0 Å². The van der Waals surface area contributed by atoms with Gasteiger partial charge in [-0.05, 0) is 12.1 Å². The van der Waals surface area contributed by atoms with Gasteiger partial charge in [0.25, 0.3) is 0 Å². The van der Waals surface area contributed by atoms with Gasteiger partial charge in [0.2, 0.25) is 0 Å². The molecule has 0 radical (unpaired) electrons. The fourth-order valence-corrected chi connectivity index (χ4v) is 1.10. The normalized spacial score (nSPS) is 7.57. The van der Waals surface area contributed by atoms with E-state index in [2.05, 4.69) is 12.6 Å². The molecule has 0 amide bonds. The van der Waals surface area contributed by atoms with Gasteiger partial charge in [0.05, 0.1) is 22.8 Å². The van der Waals surface area contributed by atoms with Crippen molar-refractivity contribution < 1.29 is 19.5 Å². The predicted octanol–water partition coefficient (Wildman–Crippen LogP) is 1.59. The first-order valence-electron chi connectivity index (χ1n) is 3.30. The van der Waals surface area contributed by atoms with E-state index in [1.54, 1.807) is 0 Å². The van der Waals surface area contributed by atoms with Crippen molar-refractivity contribution in [3.63, 3.8) is 0 Å². The maximum absolute atomic E-state index is 8.64. The average Bonchev–Trinajstić information content (AvgIpc) is 2.18. The van der Waals surface area contributed by atoms with Crippen LogP contribution in [0.4, 0.5) is 0 Å². The predicted molar refractivity (Wildman–Crippen MR) is 47.8 cm³/mol. The molecule has 0 bridgehead atoms. The molecule has 0 aliphatic rings. The van der Waals surface area contributed by atoms with Gasteiger partial charge in [-0.3, -0.25) is 0 Å². The summed E-state index contributed by atoms with van der Waals surface area (Å²) in [7, 11) is 0. The Kier molecular flexibility index (Phi) is 4.89. The van der Waals surface area contributed by atoms with Gasteiger partial charge in [-0.25, -0.2) is 0 Å². The second-order valence-corrected chi connectivity index (χ2v) is 2.70. The van der Waals surface area contributed by atoms with Gasteiger partial charge in [-0.15, -0.1) is 12.6 Å². The second-order valence-electron chi connectivity index (χ2n) is 2.26. The van der Waals surface area contributed by atoms with E-state index >= 15 is 0 Å². The van der Waals surface area contributed by atoms with Crippen molar-refractivity contribution in [1.29, 1.82) is 15.8 Å². The summed E-state index contributed by atoms with van der Waals surface area (Å²) in [4.78, 5) is 0.323. The van der Waals surface area contributed by atoms with Crippen LogP contribution in [-0.4, -0.2) is 0 Å². The third-order valence-corrected chi connectivity index (χ3v) is 1.96. The van der Waals surface area contributed by atoms with Crippen LogP contribution in [0.25, 0.3) is 0 Å². The average molecular weight is 251 g/mol. The second kappa shape index (κ2) is 5.41. The minimum Gasteiger partial charge on any atom is -0.192 e. The summed E-state index contributed by atoms with van der Waals surface area (Å²) in [5.74, 6) is 0. The van der Waals surface area contributed by atoms with E-state index in [1.165, 1.54) is 12.1 Å². The molecule has 0 fully saturated rings. The molecule has 0 saturated heterocycles. The molecule has 14 heavy (non-hydrogen) atoms. The minimum atomic E-state index is 0. The van der Waals surface area contributed by atoms with Crippen LogP contribution in [0.3, 0.4) is 0 Å². The third kappa shape index (κ3) is 2.33. The molecule has 0 aliphatic heterocycles. The van der Waals surface area contributed by atoms with Crippen molar-refractivity contribution in [2.24, 2.45) is 0 Å². The smallest absolute Gasteiger partial charge is 0.100 e. The summed E-state index contributed by atoms with van der Waals surface area (Å²) in [6.07, 6.45) is 0. The number of benzene rings is 1. The first kappa shape index (κ1) is 12.7. The molecule has 1 aromatic rings. The molecular weight excluding hydrogens is 248 g/mol. The topological polar surface area (TPSA) is 71.4 Å². The van der Waals surface area contributed by atoms with Crippen LogP contribution in [0.15, 0.2) is 17.0 Å². The number of thiol groups is 1. The fourth-order valence-electron chi connectivity index (χ4n) is 0.869. The Balaban J connectivity index is 0.00000169. The van der Waals surface area contributed by atoms with Crippen LogP contribution in [0.2, 0.25) is 0 Å². The zero-order valence-corrected chi connectivity index (χ0v) is 11.0. The molecule has 0 aliphatic carbocycles. The molecule has 62 valence electrons. The summed E-state index contributed by atoms with van der Waals surface area (Å²) in [5.41, 5.74) is 0.795. The number of hydrogen-bond acceptors (Lipinski definition) is 4. The van der Waals surface area contributed by atoms with E-state index in [0.717, 1.165) is 0 Å². The van der Waals surface area contributed by atoms with Crippen LogP contribution in [0.1, 0.15) is 16.7 Å². The van der Waals surface area contributed by atoms with Crippen molar-refractivity contribution in [2.45, 2.75) is 4.90 Å². The Morgan fingerprint density at radius 2 is 1.36 bits per heavy atom. The monoisotopic (exact) mass is 249 g/mol. The van der Waals surface area contributed by atoms with Crippen molar-refractivity contribution in [3.05, 3.63) is 28.8 Å². The van der Waals surface area contributed by atoms with Crippen LogP contribution in [0.5, 0.6) is 0 Å². The zero-order chi connectivity index (χ0) is 9.84. The maximum Gasteiger partial charge on any atom is 0.100 e. The van der Waals surface area contributed by atoms with E-state index in [-0.39, 0.29) is 30.6 Å². The standard InChI is InChI=1S/C9H3N3S.Zn/c10-3-6-1-7(4-11)9(13)8(2-6)5-12;/h1-2,13H;. The molecule has 0 heterocycles. The Morgan fingerprint density at radius 1 is 0.929 bits per heavy atom.